The van der Waals surface area contributed by atoms with Gasteiger partial charge in [0.05, 0.1) is 5.69 Å². The molecule has 1 aromatic carbocycles. The Kier molecular flexibility index (Phi) is 2.97. The van der Waals surface area contributed by atoms with Gasteiger partial charge in [-0.05, 0) is 30.9 Å². The van der Waals surface area contributed by atoms with Gasteiger partial charge >= 0.3 is 5.97 Å². The summed E-state index contributed by atoms with van der Waals surface area (Å²) < 4.78 is 1.98. The molecule has 3 rings (SSSR count). The smallest absolute Gasteiger partial charge is 0.356 e. The summed E-state index contributed by atoms with van der Waals surface area (Å²) in [5.41, 5.74) is 1.66. The molecular weight excluding hydrogens is 256 g/mol. The van der Waals surface area contributed by atoms with E-state index in [4.69, 9.17) is 0 Å². The molecule has 0 fully saturated rings. The second kappa shape index (κ2) is 4.67. The van der Waals surface area contributed by atoms with Crippen molar-refractivity contribution < 1.29 is 15.0 Å². The molecule has 104 valence electrons. The Morgan fingerprint density at radius 1 is 1.45 bits per heavy atom. The van der Waals surface area contributed by atoms with Crippen LogP contribution in [0.2, 0.25) is 0 Å². The second-order valence-electron chi connectivity index (χ2n) is 5.34. The third kappa shape index (κ3) is 2.05. The van der Waals surface area contributed by atoms with Crippen molar-refractivity contribution in [3.05, 3.63) is 35.7 Å². The summed E-state index contributed by atoms with van der Waals surface area (Å²) in [6.07, 6.45) is 1.71. The summed E-state index contributed by atoms with van der Waals surface area (Å²) >= 11 is 0. The highest BCUT2D eigenvalue weighted by Gasteiger charge is 2.27. The maximum absolute atomic E-state index is 11.3. The van der Waals surface area contributed by atoms with Crippen molar-refractivity contribution in [2.24, 2.45) is 5.92 Å². The lowest BCUT2D eigenvalue weighted by Crippen LogP contribution is -2.19. The highest BCUT2D eigenvalue weighted by Crippen LogP contribution is 2.30. The van der Waals surface area contributed by atoms with Crippen LogP contribution < -0.4 is 0 Å². The molecule has 0 spiro atoms. The van der Waals surface area contributed by atoms with Crippen molar-refractivity contribution in [2.75, 3.05) is 0 Å². The predicted octanol–water partition coefficient (Wildman–Crippen LogP) is 2.54. The molecule has 20 heavy (non-hydrogen) atoms. The van der Waals surface area contributed by atoms with Crippen LogP contribution in [0.4, 0.5) is 0 Å². The molecule has 1 aliphatic rings. The summed E-state index contributed by atoms with van der Waals surface area (Å²) in [6, 6.07) is 6.77. The highest BCUT2D eigenvalue weighted by atomic mass is 16.4. The maximum atomic E-state index is 11.3. The van der Waals surface area contributed by atoms with Crippen LogP contribution in [-0.4, -0.2) is 25.7 Å². The number of hydrogen-bond acceptors (Lipinski definition) is 3. The van der Waals surface area contributed by atoms with E-state index in [0.717, 1.165) is 30.6 Å². The summed E-state index contributed by atoms with van der Waals surface area (Å²) in [5.74, 6) is 0.282. The average molecular weight is 272 g/mol. The third-order valence-electron chi connectivity index (χ3n) is 3.75. The topological polar surface area (TPSA) is 75.3 Å². The summed E-state index contributed by atoms with van der Waals surface area (Å²) in [4.78, 5) is 15.6. The van der Waals surface area contributed by atoms with Crippen LogP contribution in [0.25, 0.3) is 11.4 Å². The summed E-state index contributed by atoms with van der Waals surface area (Å²) in [7, 11) is 0. The predicted molar refractivity (Wildman–Crippen MR) is 73.8 cm³/mol. The molecule has 2 N–H and O–H groups in total. The standard InChI is InChI=1S/C15H16N2O3/c1-9-5-6-12-13(15(19)20)16-14(17(12)8-9)10-3-2-4-11(18)7-10/h2-4,7,9,18H,5-6,8H2,1H3,(H,19,20). The third-order valence-corrected chi connectivity index (χ3v) is 3.75. The highest BCUT2D eigenvalue weighted by molar-refractivity contribution is 5.88. The quantitative estimate of drug-likeness (QED) is 0.881. The van der Waals surface area contributed by atoms with Crippen molar-refractivity contribution in [1.82, 2.24) is 9.55 Å². The Morgan fingerprint density at radius 3 is 2.95 bits per heavy atom. The minimum atomic E-state index is -0.991. The van der Waals surface area contributed by atoms with Gasteiger partial charge < -0.3 is 14.8 Å². The molecule has 1 aromatic heterocycles. The minimum absolute atomic E-state index is 0.134. The Bertz CT molecular complexity index is 676. The van der Waals surface area contributed by atoms with Crippen molar-refractivity contribution in [3.63, 3.8) is 0 Å². The number of phenolic OH excluding ortho intramolecular Hbond substituents is 1. The van der Waals surface area contributed by atoms with E-state index >= 15 is 0 Å². The van der Waals surface area contributed by atoms with Gasteiger partial charge in [-0.15, -0.1) is 0 Å². The van der Waals surface area contributed by atoms with E-state index < -0.39 is 5.97 Å². The summed E-state index contributed by atoms with van der Waals surface area (Å²) in [5, 5.41) is 18.9. The van der Waals surface area contributed by atoms with E-state index in [9.17, 15) is 15.0 Å². The first-order valence-electron chi connectivity index (χ1n) is 6.68. The average Bonchev–Trinajstić information content (AvgIpc) is 2.77. The number of aromatic nitrogens is 2. The van der Waals surface area contributed by atoms with Gasteiger partial charge in [0.2, 0.25) is 0 Å². The maximum Gasteiger partial charge on any atom is 0.356 e. The number of phenols is 1. The molecular formula is C15H16N2O3. The van der Waals surface area contributed by atoms with Gasteiger partial charge in [0.25, 0.3) is 0 Å². The molecule has 1 aliphatic heterocycles. The fourth-order valence-corrected chi connectivity index (χ4v) is 2.76. The van der Waals surface area contributed by atoms with E-state index in [0.29, 0.717) is 11.7 Å². The zero-order valence-corrected chi connectivity index (χ0v) is 11.2. The SMILES string of the molecule is CC1CCc2c(C(=O)O)nc(-c3cccc(O)c3)n2C1. The van der Waals surface area contributed by atoms with Gasteiger partial charge in [0.1, 0.15) is 11.6 Å². The van der Waals surface area contributed by atoms with Crippen LogP contribution in [0, 0.1) is 5.92 Å². The van der Waals surface area contributed by atoms with E-state index in [2.05, 4.69) is 11.9 Å². The number of carboxylic acid groups (broad SMARTS) is 1. The molecule has 0 saturated heterocycles. The lowest BCUT2D eigenvalue weighted by molar-refractivity contribution is 0.0689. The zero-order valence-electron chi connectivity index (χ0n) is 11.2. The first kappa shape index (κ1) is 12.7. The number of carbonyl (C=O) groups is 1. The number of nitrogens with zero attached hydrogens (tertiary/aromatic N) is 2. The molecule has 1 atom stereocenters. The molecule has 0 bridgehead atoms. The molecule has 5 heteroatoms. The van der Waals surface area contributed by atoms with Crippen LogP contribution in [0.3, 0.4) is 0 Å². The molecule has 2 heterocycles. The number of aromatic hydroxyl groups is 1. The molecule has 5 nitrogen and oxygen atoms in total. The number of benzene rings is 1. The Labute approximate surface area is 116 Å². The van der Waals surface area contributed by atoms with Gasteiger partial charge in [-0.3, -0.25) is 0 Å². The first-order valence-corrected chi connectivity index (χ1v) is 6.68. The van der Waals surface area contributed by atoms with Crippen molar-refractivity contribution in [1.29, 1.82) is 0 Å². The van der Waals surface area contributed by atoms with Crippen molar-refractivity contribution >= 4 is 5.97 Å². The van der Waals surface area contributed by atoms with E-state index in [1.807, 2.05) is 10.6 Å². The number of carboxylic acids is 1. The van der Waals surface area contributed by atoms with Crippen molar-refractivity contribution in [3.8, 4) is 17.1 Å². The number of imidazole rings is 1. The number of aromatic carboxylic acids is 1. The first-order chi connectivity index (χ1) is 9.56. The Balaban J connectivity index is 2.18. The normalized spacial score (nSPS) is 17.8. The van der Waals surface area contributed by atoms with Gasteiger partial charge in [-0.1, -0.05) is 19.1 Å². The van der Waals surface area contributed by atoms with Crippen LogP contribution >= 0.6 is 0 Å². The molecule has 1 unspecified atom stereocenters. The fourth-order valence-electron chi connectivity index (χ4n) is 2.76. The van der Waals surface area contributed by atoms with Crippen LogP contribution in [0.5, 0.6) is 5.75 Å². The monoisotopic (exact) mass is 272 g/mol. The number of fused-ring (bicyclic) bond motifs is 1. The van der Waals surface area contributed by atoms with Crippen LogP contribution in [0.1, 0.15) is 29.5 Å². The molecule has 0 saturated carbocycles. The molecule has 0 amide bonds. The van der Waals surface area contributed by atoms with Crippen molar-refractivity contribution in [2.45, 2.75) is 26.3 Å². The van der Waals surface area contributed by atoms with E-state index in [1.54, 1.807) is 18.2 Å². The Morgan fingerprint density at radius 2 is 2.25 bits per heavy atom. The van der Waals surface area contributed by atoms with Gasteiger partial charge in [-0.25, -0.2) is 9.78 Å². The largest absolute Gasteiger partial charge is 0.508 e. The molecule has 2 aromatic rings. The van der Waals surface area contributed by atoms with Crippen LogP contribution in [-0.2, 0) is 13.0 Å². The zero-order chi connectivity index (χ0) is 14.3. The minimum Gasteiger partial charge on any atom is -0.508 e. The fraction of sp³-hybridized carbons (Fsp3) is 0.333. The number of hydrogen-bond donors (Lipinski definition) is 2. The van der Waals surface area contributed by atoms with Gasteiger partial charge in [0, 0.05) is 12.1 Å². The van der Waals surface area contributed by atoms with E-state index in [1.165, 1.54) is 0 Å². The number of rotatable bonds is 2. The molecule has 0 aliphatic carbocycles. The lowest BCUT2D eigenvalue weighted by Gasteiger charge is -2.22. The molecule has 0 radical (unpaired) electrons. The second-order valence-corrected chi connectivity index (χ2v) is 5.34. The van der Waals surface area contributed by atoms with Gasteiger partial charge in [-0.2, -0.15) is 0 Å². The van der Waals surface area contributed by atoms with Gasteiger partial charge in [0.15, 0.2) is 5.69 Å². The van der Waals surface area contributed by atoms with E-state index in [-0.39, 0.29) is 11.4 Å². The lowest BCUT2D eigenvalue weighted by atomic mass is 9.99. The summed E-state index contributed by atoms with van der Waals surface area (Å²) in [6.45, 7) is 2.91. The Hall–Kier alpha value is -2.30. The van der Waals surface area contributed by atoms with Crippen LogP contribution in [0.15, 0.2) is 24.3 Å².